The summed E-state index contributed by atoms with van der Waals surface area (Å²) in [5.41, 5.74) is 0.949. The summed E-state index contributed by atoms with van der Waals surface area (Å²) < 4.78 is 12.1. The summed E-state index contributed by atoms with van der Waals surface area (Å²) in [6, 6.07) is 0. The zero-order valence-electron chi connectivity index (χ0n) is 12.8. The van der Waals surface area contributed by atoms with Gasteiger partial charge in [0.25, 0.3) is 0 Å². The van der Waals surface area contributed by atoms with Crippen LogP contribution in [-0.2, 0) is 9.47 Å². The van der Waals surface area contributed by atoms with Crippen molar-refractivity contribution in [1.82, 2.24) is 0 Å². The summed E-state index contributed by atoms with van der Waals surface area (Å²) >= 11 is 0. The molecule has 0 bridgehead atoms. The second-order valence-corrected chi connectivity index (χ2v) is 6.52. The normalized spacial score (nSPS) is 33.6. The van der Waals surface area contributed by atoms with Crippen LogP contribution >= 0.6 is 0 Å². The first-order valence-corrected chi connectivity index (χ1v) is 6.74. The fourth-order valence-corrected chi connectivity index (χ4v) is 2.65. The van der Waals surface area contributed by atoms with E-state index in [-0.39, 0.29) is 30.1 Å². The van der Waals surface area contributed by atoms with Gasteiger partial charge in [-0.25, -0.2) is 0 Å². The van der Waals surface area contributed by atoms with Gasteiger partial charge in [-0.1, -0.05) is 26.8 Å². The molecule has 0 radical (unpaired) electrons. The molecular formula is C15H28O3. The average molecular weight is 256 g/mol. The molecule has 106 valence electrons. The van der Waals surface area contributed by atoms with Gasteiger partial charge in [0.15, 0.2) is 5.79 Å². The van der Waals surface area contributed by atoms with Gasteiger partial charge < -0.3 is 14.6 Å². The minimum Gasteiger partial charge on any atom is -0.396 e. The molecule has 1 N–H and O–H groups in total. The maximum atomic E-state index is 9.58. The first-order valence-electron chi connectivity index (χ1n) is 6.74. The molecule has 0 unspecified atom stereocenters. The van der Waals surface area contributed by atoms with Gasteiger partial charge in [0.2, 0.25) is 0 Å². The van der Waals surface area contributed by atoms with E-state index in [4.69, 9.17) is 9.47 Å². The van der Waals surface area contributed by atoms with Crippen molar-refractivity contribution in [2.24, 2.45) is 11.3 Å². The van der Waals surface area contributed by atoms with Crippen molar-refractivity contribution in [3.63, 3.8) is 0 Å². The Kier molecular flexibility index (Phi) is 4.63. The Morgan fingerprint density at radius 1 is 1.33 bits per heavy atom. The van der Waals surface area contributed by atoms with Gasteiger partial charge in [-0.3, -0.25) is 0 Å². The van der Waals surface area contributed by atoms with Crippen LogP contribution in [-0.4, -0.2) is 29.7 Å². The molecule has 18 heavy (non-hydrogen) atoms. The number of hydrogen-bond donors (Lipinski definition) is 1. The van der Waals surface area contributed by atoms with Gasteiger partial charge >= 0.3 is 0 Å². The Morgan fingerprint density at radius 2 is 1.89 bits per heavy atom. The van der Waals surface area contributed by atoms with Crippen LogP contribution < -0.4 is 0 Å². The SMILES string of the molecule is C/C=C(\C)[C@@H]1OC(C)(C)O[C@H](C(C)(C)CO)[C@H]1C. The molecule has 1 aliphatic rings. The lowest BCUT2D eigenvalue weighted by atomic mass is 9.76. The fourth-order valence-electron chi connectivity index (χ4n) is 2.65. The number of ether oxygens (including phenoxy) is 2. The predicted octanol–water partition coefficient (Wildman–Crippen LogP) is 3.13. The Morgan fingerprint density at radius 3 is 2.33 bits per heavy atom. The van der Waals surface area contributed by atoms with Gasteiger partial charge in [-0.05, 0) is 33.3 Å². The van der Waals surface area contributed by atoms with Gasteiger partial charge in [0.05, 0.1) is 18.8 Å². The highest BCUT2D eigenvalue weighted by molar-refractivity contribution is 5.09. The Bertz CT molecular complexity index is 318. The molecule has 0 aromatic rings. The second kappa shape index (κ2) is 5.32. The largest absolute Gasteiger partial charge is 0.396 e. The zero-order chi connectivity index (χ0) is 14.1. The highest BCUT2D eigenvalue weighted by atomic mass is 16.7. The summed E-state index contributed by atoms with van der Waals surface area (Å²) in [6.45, 7) is 14.3. The van der Waals surface area contributed by atoms with Crippen molar-refractivity contribution in [2.75, 3.05) is 6.61 Å². The third-order valence-electron chi connectivity index (χ3n) is 3.86. The lowest BCUT2D eigenvalue weighted by Crippen LogP contribution is -2.56. The third-order valence-corrected chi connectivity index (χ3v) is 3.86. The first kappa shape index (κ1) is 15.7. The van der Waals surface area contributed by atoms with E-state index in [2.05, 4.69) is 19.9 Å². The van der Waals surface area contributed by atoms with Crippen molar-refractivity contribution < 1.29 is 14.6 Å². The Hall–Kier alpha value is -0.380. The van der Waals surface area contributed by atoms with Crippen molar-refractivity contribution >= 4 is 0 Å². The number of hydrogen-bond acceptors (Lipinski definition) is 3. The quantitative estimate of drug-likeness (QED) is 0.788. The van der Waals surface area contributed by atoms with Crippen LogP contribution in [0.25, 0.3) is 0 Å². The molecular weight excluding hydrogens is 228 g/mol. The lowest BCUT2D eigenvalue weighted by Gasteiger charge is -2.50. The molecule has 3 heteroatoms. The second-order valence-electron chi connectivity index (χ2n) is 6.52. The lowest BCUT2D eigenvalue weighted by molar-refractivity contribution is -0.330. The number of aliphatic hydroxyl groups is 1. The maximum Gasteiger partial charge on any atom is 0.163 e. The summed E-state index contributed by atoms with van der Waals surface area (Å²) in [7, 11) is 0. The van der Waals surface area contributed by atoms with Gasteiger partial charge in [-0.2, -0.15) is 0 Å². The Balaban J connectivity index is 3.06. The summed E-state index contributed by atoms with van der Waals surface area (Å²) in [6.07, 6.45) is 2.12. The standard InChI is InChI=1S/C15H28O3/c1-8-10(2)12-11(3)13(14(4,5)9-16)18-15(6,7)17-12/h8,11-13,16H,9H2,1-7H3/b10-8+/t11-,12-,13-/m0/s1. The molecule has 0 spiro atoms. The van der Waals surface area contributed by atoms with E-state index in [0.29, 0.717) is 0 Å². The van der Waals surface area contributed by atoms with Crippen LogP contribution in [0.2, 0.25) is 0 Å². The van der Waals surface area contributed by atoms with E-state index >= 15 is 0 Å². The number of allylic oxidation sites excluding steroid dienone is 1. The number of aliphatic hydroxyl groups excluding tert-OH is 1. The fraction of sp³-hybridized carbons (Fsp3) is 0.867. The van der Waals surface area contributed by atoms with Crippen LogP contribution in [0.4, 0.5) is 0 Å². The zero-order valence-corrected chi connectivity index (χ0v) is 12.8. The van der Waals surface area contributed by atoms with Crippen LogP contribution in [0.3, 0.4) is 0 Å². The molecule has 0 amide bonds. The van der Waals surface area contributed by atoms with Crippen molar-refractivity contribution in [3.05, 3.63) is 11.6 Å². The van der Waals surface area contributed by atoms with Gasteiger partial charge in [0, 0.05) is 11.3 Å². The van der Waals surface area contributed by atoms with Crippen molar-refractivity contribution in [3.8, 4) is 0 Å². The van der Waals surface area contributed by atoms with Gasteiger partial charge in [-0.15, -0.1) is 0 Å². The van der Waals surface area contributed by atoms with Crippen LogP contribution in [0, 0.1) is 11.3 Å². The van der Waals surface area contributed by atoms with Gasteiger partial charge in [0.1, 0.15) is 0 Å². The minimum atomic E-state index is -0.613. The molecule has 1 heterocycles. The van der Waals surface area contributed by atoms with E-state index in [1.165, 1.54) is 5.57 Å². The van der Waals surface area contributed by atoms with Crippen molar-refractivity contribution in [2.45, 2.75) is 66.5 Å². The summed E-state index contributed by atoms with van der Waals surface area (Å²) in [5, 5.41) is 9.58. The first-order chi connectivity index (χ1) is 8.14. The molecule has 3 atom stereocenters. The average Bonchev–Trinajstić information content (AvgIpc) is 2.30. The molecule has 0 aromatic carbocycles. The molecule has 0 aromatic heterocycles. The summed E-state index contributed by atoms with van der Waals surface area (Å²) in [5.74, 6) is -0.394. The predicted molar refractivity (Wildman–Crippen MR) is 73.3 cm³/mol. The molecule has 1 saturated heterocycles. The van der Waals surface area contributed by atoms with E-state index in [1.54, 1.807) is 0 Å². The number of rotatable bonds is 3. The summed E-state index contributed by atoms with van der Waals surface area (Å²) in [4.78, 5) is 0. The van der Waals surface area contributed by atoms with E-state index in [1.807, 2.05) is 34.6 Å². The smallest absolute Gasteiger partial charge is 0.163 e. The topological polar surface area (TPSA) is 38.7 Å². The minimum absolute atomic E-state index is 0.0221. The molecule has 1 fully saturated rings. The molecule has 0 aliphatic carbocycles. The van der Waals surface area contributed by atoms with Crippen LogP contribution in [0.15, 0.2) is 11.6 Å². The van der Waals surface area contributed by atoms with Crippen molar-refractivity contribution in [1.29, 1.82) is 0 Å². The molecule has 3 nitrogen and oxygen atoms in total. The van der Waals surface area contributed by atoms with E-state index < -0.39 is 5.79 Å². The Labute approximate surface area is 111 Å². The van der Waals surface area contributed by atoms with Crippen LogP contribution in [0.1, 0.15) is 48.5 Å². The molecule has 1 rings (SSSR count). The maximum absolute atomic E-state index is 9.58. The van der Waals surface area contributed by atoms with E-state index in [9.17, 15) is 5.11 Å². The van der Waals surface area contributed by atoms with Crippen LogP contribution in [0.5, 0.6) is 0 Å². The third kappa shape index (κ3) is 3.14. The monoisotopic (exact) mass is 256 g/mol. The highest BCUT2D eigenvalue weighted by Crippen LogP contribution is 2.41. The van der Waals surface area contributed by atoms with E-state index in [0.717, 1.165) is 0 Å². The molecule has 0 saturated carbocycles. The highest BCUT2D eigenvalue weighted by Gasteiger charge is 2.47. The molecule has 1 aliphatic heterocycles.